The Balaban J connectivity index is 1.73. The number of para-hydroxylation sites is 1. The van der Waals surface area contributed by atoms with Crippen LogP contribution in [0.5, 0.6) is 0 Å². The van der Waals surface area contributed by atoms with Crippen molar-refractivity contribution < 1.29 is 28.5 Å². The SMILES string of the molecule is C/C=C1/CN2[C@@H]3C[C@@]45c6ccccc6N[C@]4(O3)[C@]2(OC)C[C@@H]1[C@@]5(COC(C)=O)C(=O)OC. The van der Waals surface area contributed by atoms with E-state index in [1.54, 1.807) is 7.11 Å². The second kappa shape index (κ2) is 6.12. The Morgan fingerprint density at radius 3 is 2.75 bits per heavy atom. The summed E-state index contributed by atoms with van der Waals surface area (Å²) in [6, 6.07) is 8.01. The zero-order chi connectivity index (χ0) is 22.5. The molecule has 4 fully saturated rings. The number of esters is 2. The molecule has 0 radical (unpaired) electrons. The summed E-state index contributed by atoms with van der Waals surface area (Å²) in [5.41, 5.74) is -0.764. The Morgan fingerprint density at radius 2 is 2.06 bits per heavy atom. The summed E-state index contributed by atoms with van der Waals surface area (Å²) < 4.78 is 24.4. The fraction of sp³-hybridized carbons (Fsp3) is 0.583. The molecule has 6 rings (SSSR count). The third-order valence-corrected chi connectivity index (χ3v) is 8.85. The zero-order valence-electron chi connectivity index (χ0n) is 18.8. The van der Waals surface area contributed by atoms with E-state index in [0.717, 1.165) is 16.8 Å². The van der Waals surface area contributed by atoms with Gasteiger partial charge in [0.15, 0.2) is 11.4 Å². The fourth-order valence-corrected chi connectivity index (χ4v) is 7.84. The number of piperidine rings is 2. The number of carbonyl (C=O) groups excluding carboxylic acids is 2. The molecule has 4 aliphatic heterocycles. The maximum Gasteiger partial charge on any atom is 0.317 e. The molecule has 170 valence electrons. The number of nitrogens with one attached hydrogen (secondary N) is 1. The molecule has 0 amide bonds. The number of nitrogens with zero attached hydrogens (tertiary/aromatic N) is 1. The molecule has 1 aliphatic carbocycles. The molecule has 6 atom stereocenters. The number of rotatable bonds is 4. The minimum absolute atomic E-state index is 0.0787. The van der Waals surface area contributed by atoms with E-state index in [2.05, 4.69) is 22.4 Å². The molecule has 1 aromatic carbocycles. The smallest absolute Gasteiger partial charge is 0.317 e. The van der Waals surface area contributed by atoms with E-state index in [1.165, 1.54) is 14.0 Å². The molecule has 0 aromatic heterocycles. The Kier molecular flexibility index (Phi) is 3.87. The first kappa shape index (κ1) is 20.2. The number of benzene rings is 1. The summed E-state index contributed by atoms with van der Waals surface area (Å²) in [5.74, 6) is -1.04. The van der Waals surface area contributed by atoms with Crippen LogP contribution in [-0.4, -0.2) is 61.9 Å². The molecule has 3 saturated heterocycles. The largest absolute Gasteiger partial charge is 0.468 e. The van der Waals surface area contributed by atoms with Crippen LogP contribution < -0.4 is 5.32 Å². The molecule has 4 bridgehead atoms. The van der Waals surface area contributed by atoms with E-state index >= 15 is 0 Å². The summed E-state index contributed by atoms with van der Waals surface area (Å²) in [5, 5.41) is 3.67. The summed E-state index contributed by atoms with van der Waals surface area (Å²) in [4.78, 5) is 28.3. The lowest BCUT2D eigenvalue weighted by molar-refractivity contribution is -0.278. The Bertz CT molecular complexity index is 1070. The highest BCUT2D eigenvalue weighted by molar-refractivity contribution is 5.86. The minimum Gasteiger partial charge on any atom is -0.468 e. The van der Waals surface area contributed by atoms with Gasteiger partial charge in [-0.2, -0.15) is 0 Å². The molecular weight excluding hydrogens is 412 g/mol. The van der Waals surface area contributed by atoms with Gasteiger partial charge in [0, 0.05) is 45.0 Å². The Morgan fingerprint density at radius 1 is 1.28 bits per heavy atom. The quantitative estimate of drug-likeness (QED) is 0.563. The lowest BCUT2D eigenvalue weighted by Gasteiger charge is -2.68. The molecule has 1 saturated carbocycles. The van der Waals surface area contributed by atoms with Crippen molar-refractivity contribution in [2.24, 2.45) is 11.3 Å². The maximum absolute atomic E-state index is 14.0. The van der Waals surface area contributed by atoms with Gasteiger partial charge >= 0.3 is 11.9 Å². The summed E-state index contributed by atoms with van der Waals surface area (Å²) in [6.07, 6.45) is 2.93. The van der Waals surface area contributed by atoms with Gasteiger partial charge in [0.25, 0.3) is 0 Å². The van der Waals surface area contributed by atoms with Crippen LogP contribution >= 0.6 is 0 Å². The average molecular weight is 440 g/mol. The number of allylic oxidation sites excluding steroid dienone is 1. The molecule has 1 aromatic rings. The van der Waals surface area contributed by atoms with Crippen molar-refractivity contribution in [3.8, 4) is 0 Å². The van der Waals surface area contributed by atoms with Crippen LogP contribution in [0.1, 0.15) is 32.3 Å². The van der Waals surface area contributed by atoms with E-state index in [-0.39, 0.29) is 24.7 Å². The third-order valence-electron chi connectivity index (χ3n) is 8.85. The summed E-state index contributed by atoms with van der Waals surface area (Å²) >= 11 is 0. The third kappa shape index (κ3) is 1.78. The number of fused-ring (bicyclic) bond motifs is 4. The minimum atomic E-state index is -1.17. The van der Waals surface area contributed by atoms with Crippen molar-refractivity contribution in [2.45, 2.75) is 49.8 Å². The van der Waals surface area contributed by atoms with Crippen molar-refractivity contribution in [2.75, 3.05) is 32.7 Å². The number of anilines is 1. The Hall–Kier alpha value is -2.42. The highest BCUT2D eigenvalue weighted by Gasteiger charge is 2.92. The van der Waals surface area contributed by atoms with Gasteiger partial charge in [-0.3, -0.25) is 9.59 Å². The van der Waals surface area contributed by atoms with Gasteiger partial charge in [-0.15, -0.1) is 0 Å². The average Bonchev–Trinajstić information content (AvgIpc) is 3.39. The molecule has 0 unspecified atom stereocenters. The van der Waals surface area contributed by atoms with E-state index in [0.29, 0.717) is 19.4 Å². The van der Waals surface area contributed by atoms with Gasteiger partial charge in [0.1, 0.15) is 18.2 Å². The lowest BCUT2D eigenvalue weighted by atomic mass is 9.41. The highest BCUT2D eigenvalue weighted by Crippen LogP contribution is 2.79. The van der Waals surface area contributed by atoms with Crippen molar-refractivity contribution >= 4 is 17.6 Å². The maximum atomic E-state index is 14.0. The highest BCUT2D eigenvalue weighted by atomic mass is 16.6. The van der Waals surface area contributed by atoms with Crippen LogP contribution in [0.3, 0.4) is 0 Å². The van der Waals surface area contributed by atoms with E-state index in [1.807, 2.05) is 25.1 Å². The zero-order valence-corrected chi connectivity index (χ0v) is 18.8. The predicted octanol–water partition coefficient (Wildman–Crippen LogP) is 2.15. The normalized spacial score (nSPS) is 43.7. The summed E-state index contributed by atoms with van der Waals surface area (Å²) in [6.45, 7) is 3.91. The van der Waals surface area contributed by atoms with Gasteiger partial charge in [-0.1, -0.05) is 29.8 Å². The molecule has 8 heteroatoms. The van der Waals surface area contributed by atoms with E-state index < -0.39 is 28.2 Å². The Labute approximate surface area is 186 Å². The summed E-state index contributed by atoms with van der Waals surface area (Å²) in [7, 11) is 3.13. The van der Waals surface area contributed by atoms with Gasteiger partial charge < -0.3 is 24.3 Å². The number of carbonyl (C=O) groups is 2. The second-order valence-corrected chi connectivity index (χ2v) is 9.51. The van der Waals surface area contributed by atoms with Gasteiger partial charge in [-0.25, -0.2) is 4.90 Å². The van der Waals surface area contributed by atoms with Crippen LogP contribution in [0.2, 0.25) is 0 Å². The molecule has 4 heterocycles. The van der Waals surface area contributed by atoms with Crippen LogP contribution in [0.25, 0.3) is 0 Å². The van der Waals surface area contributed by atoms with Crippen LogP contribution in [-0.2, 0) is 34.0 Å². The molecule has 8 nitrogen and oxygen atoms in total. The number of hydrogen-bond acceptors (Lipinski definition) is 8. The van der Waals surface area contributed by atoms with Crippen molar-refractivity contribution in [3.05, 3.63) is 41.5 Å². The molecule has 1 spiro atoms. The van der Waals surface area contributed by atoms with Gasteiger partial charge in [0.2, 0.25) is 0 Å². The topological polar surface area (TPSA) is 86.3 Å². The van der Waals surface area contributed by atoms with E-state index in [9.17, 15) is 9.59 Å². The lowest BCUT2D eigenvalue weighted by Crippen LogP contribution is -2.84. The van der Waals surface area contributed by atoms with Crippen molar-refractivity contribution in [3.63, 3.8) is 0 Å². The van der Waals surface area contributed by atoms with Crippen molar-refractivity contribution in [1.82, 2.24) is 4.90 Å². The van der Waals surface area contributed by atoms with Crippen LogP contribution in [0.4, 0.5) is 5.69 Å². The van der Waals surface area contributed by atoms with Crippen LogP contribution in [0, 0.1) is 11.3 Å². The van der Waals surface area contributed by atoms with Crippen LogP contribution in [0.15, 0.2) is 35.9 Å². The number of hydrogen-bond donors (Lipinski definition) is 1. The van der Waals surface area contributed by atoms with Crippen molar-refractivity contribution in [1.29, 1.82) is 0 Å². The fourth-order valence-electron chi connectivity index (χ4n) is 7.84. The predicted molar refractivity (Wildman–Crippen MR) is 113 cm³/mol. The van der Waals surface area contributed by atoms with Gasteiger partial charge in [-0.05, 0) is 18.6 Å². The van der Waals surface area contributed by atoms with E-state index in [4.69, 9.17) is 18.9 Å². The molecule has 32 heavy (non-hydrogen) atoms. The first-order chi connectivity index (χ1) is 15.4. The number of ether oxygens (including phenoxy) is 4. The first-order valence-electron chi connectivity index (χ1n) is 11.1. The molecule has 5 aliphatic rings. The standard InChI is InChI=1S/C24H28N2O6/c1-5-15-12-26-19-11-22-16-8-6-7-9-18(16)25-24(22,32-19)23(26,30-4)10-17(15)21(22,20(28)29-3)13-31-14(2)27/h5-9,17,19,25H,10-13H2,1-4H3/b15-5-/t17-,19-,21-,22-,23+,24+/m0/s1. The number of methoxy groups -OCH3 is 2. The van der Waals surface area contributed by atoms with Gasteiger partial charge in [0.05, 0.1) is 12.5 Å². The molecule has 1 N–H and O–H groups in total. The monoisotopic (exact) mass is 440 g/mol. The first-order valence-corrected chi connectivity index (χ1v) is 11.1. The second-order valence-electron chi connectivity index (χ2n) is 9.51. The molecular formula is C24H28N2O6.